The Morgan fingerprint density at radius 1 is 0.240 bits per heavy atom. The van der Waals surface area contributed by atoms with E-state index in [1.165, 1.54) is 212 Å². The van der Waals surface area contributed by atoms with Crippen molar-refractivity contribution in [2.24, 2.45) is 0 Å². The number of ether oxygens (including phenoxy) is 9. The zero-order valence-electron chi connectivity index (χ0n) is 62.3. The van der Waals surface area contributed by atoms with E-state index in [0.29, 0.717) is 74.1 Å². The van der Waals surface area contributed by atoms with Crippen LogP contribution in [0.4, 0.5) is 0 Å². The number of unbranched alkanes of at least 4 members (excludes halogenated alkanes) is 42. The Morgan fingerprint density at radius 2 is 0.427 bits per heavy atom. The molecule has 0 heterocycles. The molecule has 3 aromatic carbocycles. The number of hydrogen-bond donors (Lipinski definition) is 0. The summed E-state index contributed by atoms with van der Waals surface area (Å²) >= 11 is 0. The normalized spacial score (nSPS) is 11.3. The second kappa shape index (κ2) is 61.0. The molecule has 12 heteroatoms. The summed E-state index contributed by atoms with van der Waals surface area (Å²) in [6, 6.07) is 15.4. The van der Waals surface area contributed by atoms with E-state index in [9.17, 15) is 14.4 Å². The molecule has 0 spiro atoms. The van der Waals surface area contributed by atoms with Gasteiger partial charge in [0.1, 0.15) is 13.2 Å². The molecule has 3 aromatic rings. The van der Waals surface area contributed by atoms with Gasteiger partial charge in [-0.1, -0.05) is 311 Å². The first-order valence-electron chi connectivity index (χ1n) is 40.0. The van der Waals surface area contributed by atoms with Crippen molar-refractivity contribution in [3.63, 3.8) is 0 Å². The van der Waals surface area contributed by atoms with Gasteiger partial charge in [0.25, 0.3) is 0 Å². The van der Waals surface area contributed by atoms with E-state index < -0.39 is 37.2 Å². The topological polar surface area (TPSA) is 134 Å². The monoisotopic (exact) mass is 1340 g/mol. The highest BCUT2D eigenvalue weighted by Gasteiger charge is 2.25. The third kappa shape index (κ3) is 43.3. The molecule has 0 fully saturated rings. The van der Waals surface area contributed by atoms with Crippen LogP contribution in [0.3, 0.4) is 0 Å². The van der Waals surface area contributed by atoms with Gasteiger partial charge < -0.3 is 42.6 Å². The average molecular weight is 1340 g/mol. The predicted octanol–water partition coefficient (Wildman–Crippen LogP) is 25.0. The molecule has 3 rings (SSSR count). The fraction of sp³-hybridized carbons (Fsp3) is 0.750. The van der Waals surface area contributed by atoms with E-state index in [1.54, 1.807) is 54.6 Å². The molecule has 0 aromatic heterocycles. The highest BCUT2D eigenvalue weighted by molar-refractivity contribution is 5.92. The van der Waals surface area contributed by atoms with Gasteiger partial charge in [-0.15, -0.1) is 0 Å². The van der Waals surface area contributed by atoms with Crippen molar-refractivity contribution < 1.29 is 57.0 Å². The highest BCUT2D eigenvalue weighted by Crippen LogP contribution is 2.33. The van der Waals surface area contributed by atoms with Crippen molar-refractivity contribution in [2.45, 2.75) is 356 Å². The van der Waals surface area contributed by atoms with Gasteiger partial charge in [0, 0.05) is 0 Å². The number of benzene rings is 3. The maximum Gasteiger partial charge on any atom is 0.338 e. The second-order valence-corrected chi connectivity index (χ2v) is 27.1. The van der Waals surface area contributed by atoms with Gasteiger partial charge in [-0.25, -0.2) is 14.4 Å². The Bertz CT molecular complexity index is 2230. The summed E-state index contributed by atoms with van der Waals surface area (Å²) in [4.78, 5) is 42.9. The molecule has 0 radical (unpaired) electrons. The molecule has 0 saturated carbocycles. The lowest BCUT2D eigenvalue weighted by Crippen LogP contribution is -2.31. The predicted molar refractivity (Wildman–Crippen MR) is 398 cm³/mol. The molecule has 12 nitrogen and oxygen atoms in total. The first-order chi connectivity index (χ1) is 47.3. The summed E-state index contributed by atoms with van der Waals surface area (Å²) in [5.74, 6) is 1.20. The Balaban J connectivity index is 1.90. The standard InChI is InChI=1S/C84H140O12/c1-7-13-19-25-31-37-43-49-61-88-76-58-55-72(67-79(76)91-64-52-46-40-34-28-22-16-10-4)82(85)94-70-75(96-84(87)74-57-60-78(90-63-51-45-39-33-27-21-15-9-3)81(69-74)93-66-54-48-42-36-30-24-18-12-6)71-95-83(86)73-56-59-77(89-62-50-44-38-32-26-20-14-8-2)80(68-73)92-65-53-47-41-35-29-23-17-11-5/h55-60,67-69,75H,7-54,61-66,70-71H2,1-6H3. The second-order valence-electron chi connectivity index (χ2n) is 27.1. The third-order valence-electron chi connectivity index (χ3n) is 18.1. The summed E-state index contributed by atoms with van der Waals surface area (Å²) < 4.78 is 56.4. The summed E-state index contributed by atoms with van der Waals surface area (Å²) in [5.41, 5.74) is 0.740. The van der Waals surface area contributed by atoms with Crippen molar-refractivity contribution in [2.75, 3.05) is 52.9 Å². The molecule has 0 N–H and O–H groups in total. The van der Waals surface area contributed by atoms with Gasteiger partial charge in [-0.2, -0.15) is 0 Å². The summed E-state index contributed by atoms with van der Waals surface area (Å²) in [6.07, 6.45) is 55.5. The van der Waals surface area contributed by atoms with Gasteiger partial charge in [-0.3, -0.25) is 0 Å². The molecule has 0 atom stereocenters. The van der Waals surface area contributed by atoms with Crippen LogP contribution >= 0.6 is 0 Å². The molecule has 0 aliphatic rings. The van der Waals surface area contributed by atoms with Crippen LogP contribution in [0.1, 0.15) is 381 Å². The minimum Gasteiger partial charge on any atom is -0.490 e. The largest absolute Gasteiger partial charge is 0.490 e. The lowest BCUT2D eigenvalue weighted by atomic mass is 10.1. The smallest absolute Gasteiger partial charge is 0.338 e. The summed E-state index contributed by atoms with van der Waals surface area (Å²) in [7, 11) is 0. The van der Waals surface area contributed by atoms with E-state index in [0.717, 1.165) is 96.3 Å². The summed E-state index contributed by atoms with van der Waals surface area (Å²) in [5, 5.41) is 0. The van der Waals surface area contributed by atoms with E-state index in [1.807, 2.05) is 0 Å². The van der Waals surface area contributed by atoms with E-state index in [4.69, 9.17) is 42.6 Å². The van der Waals surface area contributed by atoms with Gasteiger partial charge in [0.05, 0.1) is 56.3 Å². The zero-order valence-corrected chi connectivity index (χ0v) is 62.3. The van der Waals surface area contributed by atoms with E-state index >= 15 is 0 Å². The molecule has 96 heavy (non-hydrogen) atoms. The quantitative estimate of drug-likeness (QED) is 0.0302. The van der Waals surface area contributed by atoms with Crippen molar-refractivity contribution >= 4 is 17.9 Å². The molecule has 548 valence electrons. The first kappa shape index (κ1) is 85.1. The van der Waals surface area contributed by atoms with Crippen molar-refractivity contribution in [3.05, 3.63) is 71.3 Å². The Kier molecular flexibility index (Phi) is 54.1. The van der Waals surface area contributed by atoms with Crippen LogP contribution in [0.2, 0.25) is 0 Å². The molecule has 0 aliphatic carbocycles. The van der Waals surface area contributed by atoms with Crippen molar-refractivity contribution in [1.29, 1.82) is 0 Å². The third-order valence-corrected chi connectivity index (χ3v) is 18.1. The van der Waals surface area contributed by atoms with Crippen LogP contribution in [0.15, 0.2) is 54.6 Å². The van der Waals surface area contributed by atoms with Gasteiger partial charge in [-0.05, 0) is 93.1 Å². The Hall–Kier alpha value is -5.13. The SMILES string of the molecule is CCCCCCCCCCOc1ccc(C(=O)OCC(COC(=O)c2ccc(OCCCCCCCCCC)c(OCCCCCCCCCC)c2)OC(=O)c2ccc(OCCCCCCCCCC)c(OCCCCCCCCCC)c2)cc1OCCCCCCCCCC. The first-order valence-corrected chi connectivity index (χ1v) is 40.0. The van der Waals surface area contributed by atoms with Crippen molar-refractivity contribution in [3.8, 4) is 34.5 Å². The van der Waals surface area contributed by atoms with Crippen LogP contribution in [-0.4, -0.2) is 76.9 Å². The van der Waals surface area contributed by atoms with Crippen LogP contribution in [-0.2, 0) is 14.2 Å². The maximum absolute atomic E-state index is 14.4. The fourth-order valence-electron chi connectivity index (χ4n) is 11.9. The maximum atomic E-state index is 14.4. The van der Waals surface area contributed by atoms with Crippen LogP contribution in [0.5, 0.6) is 34.5 Å². The number of carbonyl (C=O) groups is 3. The lowest BCUT2D eigenvalue weighted by Gasteiger charge is -2.20. The minimum absolute atomic E-state index is 0.227. The van der Waals surface area contributed by atoms with E-state index in [-0.39, 0.29) is 16.7 Å². The summed E-state index contributed by atoms with van der Waals surface area (Å²) in [6.45, 7) is 15.8. The number of carbonyl (C=O) groups excluding carboxylic acids is 3. The van der Waals surface area contributed by atoms with E-state index in [2.05, 4.69) is 41.5 Å². The molecule has 0 amide bonds. The average Bonchev–Trinajstić information content (AvgIpc) is 1.13. The van der Waals surface area contributed by atoms with Crippen LogP contribution in [0, 0.1) is 0 Å². The molecule has 0 bridgehead atoms. The Labute approximate surface area is 586 Å². The number of esters is 3. The number of hydrogen-bond acceptors (Lipinski definition) is 12. The van der Waals surface area contributed by atoms with Crippen molar-refractivity contribution in [1.82, 2.24) is 0 Å². The van der Waals surface area contributed by atoms with Crippen LogP contribution in [0.25, 0.3) is 0 Å². The molecule has 0 saturated heterocycles. The molecule has 0 aliphatic heterocycles. The van der Waals surface area contributed by atoms with Gasteiger partial charge in [0.15, 0.2) is 40.6 Å². The van der Waals surface area contributed by atoms with Crippen LogP contribution < -0.4 is 28.4 Å². The number of rotatable bonds is 68. The van der Waals surface area contributed by atoms with Gasteiger partial charge >= 0.3 is 17.9 Å². The van der Waals surface area contributed by atoms with Gasteiger partial charge in [0.2, 0.25) is 0 Å². The molecule has 0 unspecified atom stereocenters. The molecular formula is C84H140O12. The minimum atomic E-state index is -1.19. The fourth-order valence-corrected chi connectivity index (χ4v) is 11.9. The molecular weight excluding hydrogens is 1200 g/mol. The Morgan fingerprint density at radius 3 is 0.646 bits per heavy atom. The lowest BCUT2D eigenvalue weighted by molar-refractivity contribution is -0.0254. The zero-order chi connectivity index (χ0) is 68.8. The highest BCUT2D eigenvalue weighted by atomic mass is 16.6.